The zero-order valence-electron chi connectivity index (χ0n) is 12.8. The van der Waals surface area contributed by atoms with Gasteiger partial charge in [-0.15, -0.1) is 0 Å². The summed E-state index contributed by atoms with van der Waals surface area (Å²) >= 11 is 14.1. The Hall–Kier alpha value is 0.110. The maximum absolute atomic E-state index is 6.12. The molecule has 0 aliphatic rings. The first-order chi connectivity index (χ1) is 9.51. The smallest absolute Gasteiger partial charge is 0.0595 e. The highest BCUT2D eigenvalue weighted by atomic mass is 35.5. The second-order valence-electron chi connectivity index (χ2n) is 5.11. The minimum atomic E-state index is 0.323. The number of halogens is 2. The van der Waals surface area contributed by atoms with E-state index in [0.717, 1.165) is 13.0 Å². The van der Waals surface area contributed by atoms with E-state index < -0.39 is 0 Å². The Morgan fingerprint density at radius 1 is 1.15 bits per heavy atom. The first kappa shape index (κ1) is 18.2. The summed E-state index contributed by atoms with van der Waals surface area (Å²) in [5.74, 6) is 0. The van der Waals surface area contributed by atoms with E-state index in [4.69, 9.17) is 23.2 Å². The monoisotopic (exact) mass is 333 g/mol. The van der Waals surface area contributed by atoms with E-state index >= 15 is 0 Å². The number of hydrogen-bond acceptors (Lipinski definition) is 2. The molecule has 1 unspecified atom stereocenters. The molecule has 0 radical (unpaired) electrons. The Balaban J connectivity index is 2.79. The largest absolute Gasteiger partial charge is 0.309 e. The minimum Gasteiger partial charge on any atom is -0.309 e. The molecule has 0 bridgehead atoms. The predicted octanol–water partition coefficient (Wildman–Crippen LogP) is 5.96. The molecule has 0 aromatic heterocycles. The molecule has 114 valence electrons. The lowest BCUT2D eigenvalue weighted by atomic mass is 9.99. The third-order valence-electron chi connectivity index (χ3n) is 4.15. The van der Waals surface area contributed by atoms with Crippen LogP contribution in [0.4, 0.5) is 0 Å². The Morgan fingerprint density at radius 3 is 2.25 bits per heavy atom. The van der Waals surface area contributed by atoms with Crippen molar-refractivity contribution in [2.75, 3.05) is 12.8 Å². The summed E-state index contributed by atoms with van der Waals surface area (Å²) in [4.78, 5) is 0. The lowest BCUT2D eigenvalue weighted by Gasteiger charge is -2.32. The minimum absolute atomic E-state index is 0.323. The van der Waals surface area contributed by atoms with Gasteiger partial charge >= 0.3 is 0 Å². The van der Waals surface area contributed by atoms with Crippen LogP contribution in [0, 0.1) is 0 Å². The zero-order valence-corrected chi connectivity index (χ0v) is 15.1. The highest BCUT2D eigenvalue weighted by Gasteiger charge is 2.25. The van der Waals surface area contributed by atoms with Crippen molar-refractivity contribution in [2.24, 2.45) is 0 Å². The molecule has 0 heterocycles. The van der Waals surface area contributed by atoms with Crippen molar-refractivity contribution in [2.45, 2.75) is 50.8 Å². The number of benzene rings is 1. The molecule has 0 aliphatic carbocycles. The maximum atomic E-state index is 6.12. The van der Waals surface area contributed by atoms with Crippen molar-refractivity contribution in [3.8, 4) is 0 Å². The second kappa shape index (κ2) is 8.53. The Morgan fingerprint density at radius 2 is 1.80 bits per heavy atom. The standard InChI is InChI=1S/C16H25Cl2NS/c1-5-15(12-8-9-13(17)14(18)10-12)19-11-16(6-2,7-3)20-4/h8-10,15,19H,5-7,11H2,1-4H3. The van der Waals surface area contributed by atoms with Gasteiger partial charge in [0.15, 0.2) is 0 Å². The van der Waals surface area contributed by atoms with Gasteiger partial charge in [0.25, 0.3) is 0 Å². The van der Waals surface area contributed by atoms with E-state index in [1.807, 2.05) is 23.9 Å². The van der Waals surface area contributed by atoms with E-state index in [-0.39, 0.29) is 0 Å². The average Bonchev–Trinajstić information content (AvgIpc) is 2.48. The Bertz CT molecular complexity index is 411. The predicted molar refractivity (Wildman–Crippen MR) is 94.3 cm³/mol. The molecule has 0 saturated carbocycles. The first-order valence-corrected chi connectivity index (χ1v) is 9.23. The third-order valence-corrected chi connectivity index (χ3v) is 6.47. The van der Waals surface area contributed by atoms with Gasteiger partial charge < -0.3 is 5.32 Å². The molecule has 20 heavy (non-hydrogen) atoms. The molecule has 1 nitrogen and oxygen atoms in total. The lowest BCUT2D eigenvalue weighted by molar-refractivity contribution is 0.438. The van der Waals surface area contributed by atoms with Crippen LogP contribution in [-0.2, 0) is 0 Å². The number of nitrogens with one attached hydrogen (secondary N) is 1. The number of thioether (sulfide) groups is 1. The van der Waals surface area contributed by atoms with Crippen molar-refractivity contribution >= 4 is 35.0 Å². The summed E-state index contributed by atoms with van der Waals surface area (Å²) in [6.07, 6.45) is 5.59. The summed E-state index contributed by atoms with van der Waals surface area (Å²) in [6, 6.07) is 6.25. The van der Waals surface area contributed by atoms with Gasteiger partial charge in [-0.3, -0.25) is 0 Å². The summed E-state index contributed by atoms with van der Waals surface area (Å²) in [7, 11) is 0. The summed E-state index contributed by atoms with van der Waals surface area (Å²) in [5.41, 5.74) is 1.21. The van der Waals surface area contributed by atoms with Gasteiger partial charge in [-0.2, -0.15) is 11.8 Å². The molecule has 1 atom stereocenters. The van der Waals surface area contributed by atoms with Gasteiger partial charge in [0.1, 0.15) is 0 Å². The highest BCUT2D eigenvalue weighted by molar-refractivity contribution is 8.00. The fourth-order valence-electron chi connectivity index (χ4n) is 2.40. The van der Waals surface area contributed by atoms with Crippen molar-refractivity contribution in [3.63, 3.8) is 0 Å². The molecule has 1 aromatic carbocycles. The molecular weight excluding hydrogens is 309 g/mol. The molecule has 1 aromatic rings. The summed E-state index contributed by atoms with van der Waals surface area (Å²) in [6.45, 7) is 7.74. The molecule has 0 spiro atoms. The van der Waals surface area contributed by atoms with Crippen LogP contribution >= 0.6 is 35.0 Å². The van der Waals surface area contributed by atoms with Gasteiger partial charge in [0.05, 0.1) is 10.0 Å². The van der Waals surface area contributed by atoms with Crippen LogP contribution in [-0.4, -0.2) is 17.5 Å². The van der Waals surface area contributed by atoms with Crippen LogP contribution in [0.15, 0.2) is 18.2 Å². The highest BCUT2D eigenvalue weighted by Crippen LogP contribution is 2.32. The molecule has 1 N–H and O–H groups in total. The lowest BCUT2D eigenvalue weighted by Crippen LogP contribution is -2.38. The third kappa shape index (κ3) is 4.56. The van der Waals surface area contributed by atoms with Crippen LogP contribution in [0.2, 0.25) is 10.0 Å². The molecule has 0 fully saturated rings. The fourth-order valence-corrected chi connectivity index (χ4v) is 3.51. The fraction of sp³-hybridized carbons (Fsp3) is 0.625. The van der Waals surface area contributed by atoms with Gasteiger partial charge in [0, 0.05) is 17.3 Å². The van der Waals surface area contributed by atoms with Crippen LogP contribution < -0.4 is 5.32 Å². The molecule has 0 aliphatic heterocycles. The van der Waals surface area contributed by atoms with Gasteiger partial charge in [-0.25, -0.2) is 0 Å². The Kier molecular flexibility index (Phi) is 7.74. The van der Waals surface area contributed by atoms with Crippen LogP contribution in [0.3, 0.4) is 0 Å². The van der Waals surface area contributed by atoms with E-state index in [9.17, 15) is 0 Å². The van der Waals surface area contributed by atoms with Crippen molar-refractivity contribution < 1.29 is 0 Å². The van der Waals surface area contributed by atoms with Crippen molar-refractivity contribution in [1.82, 2.24) is 5.32 Å². The topological polar surface area (TPSA) is 12.0 Å². The van der Waals surface area contributed by atoms with Crippen LogP contribution in [0.5, 0.6) is 0 Å². The van der Waals surface area contributed by atoms with E-state index in [0.29, 0.717) is 20.8 Å². The molecular formula is C16H25Cl2NS. The van der Waals surface area contributed by atoms with Crippen molar-refractivity contribution in [1.29, 1.82) is 0 Å². The second-order valence-corrected chi connectivity index (χ2v) is 7.20. The number of rotatable bonds is 8. The van der Waals surface area contributed by atoms with Crippen LogP contribution in [0.25, 0.3) is 0 Å². The van der Waals surface area contributed by atoms with Crippen molar-refractivity contribution in [3.05, 3.63) is 33.8 Å². The van der Waals surface area contributed by atoms with Gasteiger partial charge in [-0.05, 0) is 43.2 Å². The van der Waals surface area contributed by atoms with Crippen LogP contribution in [0.1, 0.15) is 51.6 Å². The molecule has 1 rings (SSSR count). The van der Waals surface area contributed by atoms with Gasteiger partial charge in [-0.1, -0.05) is 50.0 Å². The molecule has 4 heteroatoms. The summed E-state index contributed by atoms with van der Waals surface area (Å²) < 4.78 is 0.323. The molecule has 0 amide bonds. The maximum Gasteiger partial charge on any atom is 0.0595 e. The summed E-state index contributed by atoms with van der Waals surface area (Å²) in [5, 5.41) is 4.95. The molecule has 0 saturated heterocycles. The Labute approximate surface area is 137 Å². The SMILES string of the molecule is CCC(NCC(CC)(CC)SC)c1ccc(Cl)c(Cl)c1. The quantitative estimate of drug-likeness (QED) is 0.630. The van der Waals surface area contributed by atoms with Gasteiger partial charge in [0.2, 0.25) is 0 Å². The zero-order chi connectivity index (χ0) is 15.2. The normalized spacial score (nSPS) is 13.5. The van der Waals surface area contributed by atoms with E-state index in [1.165, 1.54) is 18.4 Å². The number of hydrogen-bond donors (Lipinski definition) is 1. The average molecular weight is 334 g/mol. The van der Waals surface area contributed by atoms with E-state index in [1.54, 1.807) is 0 Å². The first-order valence-electron chi connectivity index (χ1n) is 7.25. The van der Waals surface area contributed by atoms with E-state index in [2.05, 4.69) is 38.4 Å².